The maximum absolute atomic E-state index is 12.5. The van der Waals surface area contributed by atoms with Gasteiger partial charge in [-0.2, -0.15) is 13.2 Å². The molecule has 0 spiro atoms. The minimum atomic E-state index is -4.31. The average molecular weight is 279 g/mol. The van der Waals surface area contributed by atoms with Crippen molar-refractivity contribution in [1.82, 2.24) is 0 Å². The van der Waals surface area contributed by atoms with Crippen LogP contribution in [-0.2, 0) is 11.7 Å². The predicted octanol–water partition coefficient (Wildman–Crippen LogP) is 4.57. The van der Waals surface area contributed by atoms with Crippen LogP contribution < -0.4 is 5.73 Å². The normalized spacial score (nSPS) is 12.5. The van der Waals surface area contributed by atoms with Crippen molar-refractivity contribution in [3.63, 3.8) is 0 Å². The number of hydrogen-bond acceptors (Lipinski definition) is 1. The van der Waals surface area contributed by atoms with Crippen molar-refractivity contribution in [3.8, 4) is 11.1 Å². The van der Waals surface area contributed by atoms with Crippen molar-refractivity contribution in [2.75, 3.05) is 0 Å². The molecule has 0 aliphatic rings. The molecule has 0 saturated heterocycles. The Hall–Kier alpha value is -1.81. The molecule has 106 valence electrons. The Morgan fingerprint density at radius 3 is 1.90 bits per heavy atom. The van der Waals surface area contributed by atoms with Crippen molar-refractivity contribution in [2.45, 2.75) is 25.6 Å². The lowest BCUT2D eigenvalue weighted by Gasteiger charge is -2.20. The van der Waals surface area contributed by atoms with Crippen LogP contribution in [0.1, 0.15) is 25.0 Å². The zero-order valence-electron chi connectivity index (χ0n) is 11.3. The minimum Gasteiger partial charge on any atom is -0.322 e. The topological polar surface area (TPSA) is 26.0 Å². The molecule has 0 fully saturated rings. The highest BCUT2D eigenvalue weighted by Gasteiger charge is 2.29. The third kappa shape index (κ3) is 3.20. The number of benzene rings is 2. The lowest BCUT2D eigenvalue weighted by Crippen LogP contribution is -2.28. The fourth-order valence-corrected chi connectivity index (χ4v) is 1.95. The summed E-state index contributed by atoms with van der Waals surface area (Å²) in [6, 6.07) is 12.7. The van der Waals surface area contributed by atoms with Crippen molar-refractivity contribution >= 4 is 0 Å². The maximum Gasteiger partial charge on any atom is 0.416 e. The monoisotopic (exact) mass is 279 g/mol. The van der Waals surface area contributed by atoms with Crippen molar-refractivity contribution in [2.24, 2.45) is 5.73 Å². The molecule has 0 aliphatic heterocycles. The van der Waals surface area contributed by atoms with Gasteiger partial charge in [-0.3, -0.25) is 0 Å². The molecule has 2 rings (SSSR count). The molecule has 2 N–H and O–H groups in total. The zero-order valence-corrected chi connectivity index (χ0v) is 11.3. The van der Waals surface area contributed by atoms with Crippen molar-refractivity contribution in [3.05, 3.63) is 59.7 Å². The summed E-state index contributed by atoms with van der Waals surface area (Å²) in [7, 11) is 0. The molecule has 0 atom stereocenters. The van der Waals surface area contributed by atoms with E-state index in [2.05, 4.69) is 0 Å². The molecule has 0 amide bonds. The third-order valence-corrected chi connectivity index (χ3v) is 3.15. The van der Waals surface area contributed by atoms with Crippen LogP contribution in [0.4, 0.5) is 13.2 Å². The van der Waals surface area contributed by atoms with Gasteiger partial charge in [-0.1, -0.05) is 30.3 Å². The van der Waals surface area contributed by atoms with Gasteiger partial charge in [-0.25, -0.2) is 0 Å². The van der Waals surface area contributed by atoms with Gasteiger partial charge >= 0.3 is 6.18 Å². The minimum absolute atomic E-state index is 0.484. The van der Waals surface area contributed by atoms with E-state index < -0.39 is 17.3 Å². The molecule has 0 unspecified atom stereocenters. The summed E-state index contributed by atoms with van der Waals surface area (Å²) >= 11 is 0. The molecular formula is C16H16F3N. The number of alkyl halides is 3. The smallest absolute Gasteiger partial charge is 0.322 e. The predicted molar refractivity (Wildman–Crippen MR) is 74.1 cm³/mol. The van der Waals surface area contributed by atoms with Crippen LogP contribution in [0.2, 0.25) is 0 Å². The lowest BCUT2D eigenvalue weighted by atomic mass is 9.92. The Labute approximate surface area is 116 Å². The molecule has 4 heteroatoms. The summed E-state index contributed by atoms with van der Waals surface area (Å²) < 4.78 is 37.6. The van der Waals surface area contributed by atoms with Gasteiger partial charge in [0.2, 0.25) is 0 Å². The number of hydrogen-bond donors (Lipinski definition) is 1. The first kappa shape index (κ1) is 14.6. The fourth-order valence-electron chi connectivity index (χ4n) is 1.95. The van der Waals surface area contributed by atoms with E-state index in [4.69, 9.17) is 5.73 Å². The largest absolute Gasteiger partial charge is 0.416 e. The van der Waals surface area contributed by atoms with Crippen LogP contribution in [0.5, 0.6) is 0 Å². The van der Waals surface area contributed by atoms with E-state index in [1.165, 1.54) is 12.1 Å². The number of halogens is 3. The van der Waals surface area contributed by atoms with Crippen LogP contribution in [0, 0.1) is 0 Å². The van der Waals surface area contributed by atoms with E-state index in [0.29, 0.717) is 0 Å². The van der Waals surface area contributed by atoms with E-state index >= 15 is 0 Å². The van der Waals surface area contributed by atoms with Gasteiger partial charge in [0, 0.05) is 5.54 Å². The number of nitrogens with two attached hydrogens (primary N) is 1. The second-order valence-corrected chi connectivity index (χ2v) is 5.38. The van der Waals surface area contributed by atoms with Gasteiger partial charge in [0.05, 0.1) is 5.56 Å². The second kappa shape index (κ2) is 4.94. The highest BCUT2D eigenvalue weighted by Crippen LogP contribution is 2.31. The van der Waals surface area contributed by atoms with Crippen molar-refractivity contribution in [1.29, 1.82) is 0 Å². The average Bonchev–Trinajstić information content (AvgIpc) is 2.37. The Kier molecular flexibility index (Phi) is 3.61. The Morgan fingerprint density at radius 2 is 1.40 bits per heavy atom. The highest BCUT2D eigenvalue weighted by atomic mass is 19.4. The fraction of sp³-hybridized carbons (Fsp3) is 0.250. The molecule has 1 nitrogen and oxygen atoms in total. The summed E-state index contributed by atoms with van der Waals surface area (Å²) in [5.74, 6) is 0. The van der Waals surface area contributed by atoms with Gasteiger partial charge in [0.15, 0.2) is 0 Å². The highest BCUT2D eigenvalue weighted by molar-refractivity contribution is 5.65. The summed E-state index contributed by atoms with van der Waals surface area (Å²) in [6.07, 6.45) is -4.31. The molecule has 2 aromatic rings. The van der Waals surface area contributed by atoms with Crippen LogP contribution in [0.15, 0.2) is 48.5 Å². The molecular weight excluding hydrogens is 263 g/mol. The van der Waals surface area contributed by atoms with Gasteiger partial charge < -0.3 is 5.73 Å². The first-order valence-corrected chi connectivity index (χ1v) is 6.25. The molecule has 0 heterocycles. The van der Waals surface area contributed by atoms with E-state index in [9.17, 15) is 13.2 Å². The van der Waals surface area contributed by atoms with E-state index in [0.717, 1.165) is 28.8 Å². The molecule has 0 saturated carbocycles. The van der Waals surface area contributed by atoms with Gasteiger partial charge in [0.1, 0.15) is 0 Å². The van der Waals surface area contributed by atoms with Crippen LogP contribution >= 0.6 is 0 Å². The van der Waals surface area contributed by atoms with E-state index in [1.54, 1.807) is 0 Å². The summed E-state index contributed by atoms with van der Waals surface area (Å²) in [5.41, 5.74) is 7.45. The quantitative estimate of drug-likeness (QED) is 0.856. The SMILES string of the molecule is CC(C)(N)c1cccc(-c2ccc(C(F)(F)F)cc2)c1. The van der Waals surface area contributed by atoms with Crippen LogP contribution in [0.3, 0.4) is 0 Å². The molecule has 0 bridgehead atoms. The molecule has 0 aromatic heterocycles. The van der Waals surface area contributed by atoms with Gasteiger partial charge in [0.25, 0.3) is 0 Å². The Balaban J connectivity index is 2.38. The maximum atomic E-state index is 12.5. The first-order chi connectivity index (χ1) is 9.18. The molecule has 2 aromatic carbocycles. The summed E-state index contributed by atoms with van der Waals surface area (Å²) in [6.45, 7) is 3.78. The summed E-state index contributed by atoms with van der Waals surface area (Å²) in [5, 5.41) is 0. The molecule has 0 aliphatic carbocycles. The molecule has 0 radical (unpaired) electrons. The first-order valence-electron chi connectivity index (χ1n) is 6.25. The van der Waals surface area contributed by atoms with E-state index in [1.807, 2.05) is 38.1 Å². The molecule has 20 heavy (non-hydrogen) atoms. The Morgan fingerprint density at radius 1 is 0.800 bits per heavy atom. The number of rotatable bonds is 2. The summed E-state index contributed by atoms with van der Waals surface area (Å²) in [4.78, 5) is 0. The zero-order chi connectivity index (χ0) is 15.0. The van der Waals surface area contributed by atoms with E-state index in [-0.39, 0.29) is 0 Å². The van der Waals surface area contributed by atoms with Crippen LogP contribution in [0.25, 0.3) is 11.1 Å². The van der Waals surface area contributed by atoms with Gasteiger partial charge in [-0.15, -0.1) is 0 Å². The Bertz CT molecular complexity index is 592. The standard InChI is InChI=1S/C16H16F3N/c1-15(2,20)14-5-3-4-12(10-14)11-6-8-13(9-7-11)16(17,18)19/h3-10H,20H2,1-2H3. The van der Waals surface area contributed by atoms with Crippen molar-refractivity contribution < 1.29 is 13.2 Å². The third-order valence-electron chi connectivity index (χ3n) is 3.15. The van der Waals surface area contributed by atoms with Crippen LogP contribution in [-0.4, -0.2) is 0 Å². The second-order valence-electron chi connectivity index (χ2n) is 5.38. The van der Waals surface area contributed by atoms with Gasteiger partial charge in [-0.05, 0) is 48.7 Å². The lowest BCUT2D eigenvalue weighted by molar-refractivity contribution is -0.137.